The lowest BCUT2D eigenvalue weighted by Gasteiger charge is -2.39. The van der Waals surface area contributed by atoms with Crippen LogP contribution in [-0.2, 0) is 39.6 Å². The Hall–Kier alpha value is -2.27. The number of benzene rings is 1. The quantitative estimate of drug-likeness (QED) is 0.0869. The first-order valence-corrected chi connectivity index (χ1v) is 17.9. The number of hydrogen-bond acceptors (Lipinski definition) is 8. The highest BCUT2D eigenvalue weighted by molar-refractivity contribution is 6.74. The van der Waals surface area contributed by atoms with Crippen molar-refractivity contribution in [2.45, 2.75) is 111 Å². The molecule has 1 aromatic carbocycles. The Balaban J connectivity index is 2.94. The number of nitrogens with one attached hydrogen (secondary N) is 1. The summed E-state index contributed by atoms with van der Waals surface area (Å²) >= 11 is 0. The second kappa shape index (κ2) is 17.7. The van der Waals surface area contributed by atoms with E-state index in [-0.39, 0.29) is 36.2 Å². The van der Waals surface area contributed by atoms with Crippen LogP contribution in [0.5, 0.6) is 0 Å². The molecule has 0 bridgehead atoms. The van der Waals surface area contributed by atoms with Crippen molar-refractivity contribution >= 4 is 26.2 Å². The van der Waals surface area contributed by atoms with E-state index in [0.717, 1.165) is 5.56 Å². The van der Waals surface area contributed by atoms with Crippen molar-refractivity contribution in [2.24, 2.45) is 17.8 Å². The van der Waals surface area contributed by atoms with E-state index in [1.807, 2.05) is 65.0 Å². The number of amides is 1. The topological polar surface area (TPSA) is 109 Å². The van der Waals surface area contributed by atoms with Gasteiger partial charge in [0.05, 0.1) is 6.04 Å². The average Bonchev–Trinajstić information content (AvgIpc) is 2.92. The van der Waals surface area contributed by atoms with Crippen molar-refractivity contribution in [3.8, 4) is 0 Å². The van der Waals surface area contributed by atoms with E-state index in [0.29, 0.717) is 13.0 Å². The zero-order chi connectivity index (χ0) is 32.1. The summed E-state index contributed by atoms with van der Waals surface area (Å²) in [6, 6.07) is 8.38. The lowest BCUT2D eigenvalue weighted by Crippen LogP contribution is -2.48. The number of Topliss-reactive ketones (excluding diaryl/α,β-unsaturated/α-hetero) is 1. The Morgan fingerprint density at radius 2 is 1.57 bits per heavy atom. The summed E-state index contributed by atoms with van der Waals surface area (Å²) in [4.78, 5) is 38.9. The van der Waals surface area contributed by atoms with Gasteiger partial charge in [-0.3, -0.25) is 9.59 Å². The van der Waals surface area contributed by atoms with Crippen molar-refractivity contribution in [2.75, 3.05) is 20.5 Å². The lowest BCUT2D eigenvalue weighted by atomic mass is 9.92. The van der Waals surface area contributed by atoms with Crippen LogP contribution in [0.4, 0.5) is 4.79 Å². The third kappa shape index (κ3) is 12.5. The van der Waals surface area contributed by atoms with Crippen molar-refractivity contribution in [3.63, 3.8) is 0 Å². The Kier molecular flexibility index (Phi) is 16.0. The smallest absolute Gasteiger partial charge is 0.408 e. The average molecular weight is 610 g/mol. The molecule has 0 saturated carbocycles. The SMILES string of the molecule is CC[C@H](C)[C@@H](NC(=O)OCc1ccccc1)C(=O)CC(=O)O[C@@H](C(C)C)[C@@H](OCOC)[C@H](C)CO[Si](C)(C)C(C)(C)C. The van der Waals surface area contributed by atoms with Crippen molar-refractivity contribution in [1.29, 1.82) is 0 Å². The van der Waals surface area contributed by atoms with Crippen LogP contribution < -0.4 is 5.32 Å². The highest BCUT2D eigenvalue weighted by Crippen LogP contribution is 2.37. The summed E-state index contributed by atoms with van der Waals surface area (Å²) in [6.45, 7) is 21.1. The molecule has 1 amide bonds. The van der Waals surface area contributed by atoms with Gasteiger partial charge in [-0.25, -0.2) is 4.79 Å². The minimum Gasteiger partial charge on any atom is -0.459 e. The molecule has 1 aromatic rings. The maximum atomic E-state index is 13.3. The van der Waals surface area contributed by atoms with Crippen molar-refractivity contribution in [1.82, 2.24) is 5.32 Å². The highest BCUT2D eigenvalue weighted by Gasteiger charge is 2.40. The minimum absolute atomic E-state index is 0.0277. The van der Waals surface area contributed by atoms with Crippen LogP contribution in [0, 0.1) is 17.8 Å². The molecule has 0 aliphatic rings. The molecule has 9 nitrogen and oxygen atoms in total. The Bertz CT molecular complexity index is 963. The van der Waals surface area contributed by atoms with Gasteiger partial charge >= 0.3 is 12.1 Å². The summed E-state index contributed by atoms with van der Waals surface area (Å²) in [5.74, 6) is -1.52. The largest absolute Gasteiger partial charge is 0.459 e. The molecule has 1 rings (SSSR count). The first kappa shape index (κ1) is 37.8. The van der Waals surface area contributed by atoms with E-state index in [9.17, 15) is 14.4 Å². The maximum absolute atomic E-state index is 13.3. The van der Waals surface area contributed by atoms with Crippen LogP contribution in [-0.4, -0.2) is 64.9 Å². The second-order valence-electron chi connectivity index (χ2n) is 13.0. The van der Waals surface area contributed by atoms with Crippen LogP contribution in [0.1, 0.15) is 73.8 Å². The van der Waals surface area contributed by atoms with Crippen LogP contribution >= 0.6 is 0 Å². The molecular weight excluding hydrogens is 554 g/mol. The van der Waals surface area contributed by atoms with E-state index < -0.39 is 50.8 Å². The summed E-state index contributed by atoms with van der Waals surface area (Å²) in [5, 5.41) is 2.71. The molecular formula is C32H55NO8Si. The second-order valence-corrected chi connectivity index (χ2v) is 17.8. The van der Waals surface area contributed by atoms with Crippen LogP contribution in [0.3, 0.4) is 0 Å². The Labute approximate surface area is 254 Å². The third-order valence-electron chi connectivity index (χ3n) is 8.07. The number of rotatable bonds is 18. The van der Waals surface area contributed by atoms with E-state index >= 15 is 0 Å². The molecule has 0 unspecified atom stereocenters. The number of esters is 1. The van der Waals surface area contributed by atoms with E-state index in [4.69, 9.17) is 23.4 Å². The molecule has 0 saturated heterocycles. The van der Waals surface area contributed by atoms with Gasteiger partial charge in [0, 0.05) is 19.6 Å². The van der Waals surface area contributed by atoms with E-state index in [2.05, 4.69) is 39.2 Å². The number of methoxy groups -OCH3 is 1. The van der Waals surface area contributed by atoms with Gasteiger partial charge in [0.1, 0.15) is 32.0 Å². The number of carbonyl (C=O) groups is 3. The number of hydrogen-bond donors (Lipinski definition) is 1. The summed E-state index contributed by atoms with van der Waals surface area (Å²) in [7, 11) is -0.473. The van der Waals surface area contributed by atoms with Gasteiger partial charge in [-0.15, -0.1) is 0 Å². The molecule has 0 aliphatic carbocycles. The monoisotopic (exact) mass is 609 g/mol. The van der Waals surface area contributed by atoms with Gasteiger partial charge in [0.25, 0.3) is 0 Å². The Morgan fingerprint density at radius 1 is 0.952 bits per heavy atom. The highest BCUT2D eigenvalue weighted by atomic mass is 28.4. The number of ketones is 1. The molecule has 10 heteroatoms. The predicted molar refractivity (Wildman–Crippen MR) is 166 cm³/mol. The minimum atomic E-state index is -2.01. The van der Waals surface area contributed by atoms with E-state index in [1.54, 1.807) is 0 Å². The standard InChI is InChI=1S/C32H55NO8Si/c1-12-23(4)28(33-31(36)38-20-25-16-14-13-15-17-25)26(34)18-27(35)41-29(22(2)3)30(39-21-37-9)24(5)19-40-42(10,11)32(6,7)8/h13-17,22-24,28-30H,12,18-21H2,1-11H3,(H,33,36)/t23-,24+,28+,29-,30-/m0/s1. The van der Waals surface area contributed by atoms with Gasteiger partial charge in [-0.2, -0.15) is 0 Å². The van der Waals surface area contributed by atoms with Crippen LogP contribution in [0.25, 0.3) is 0 Å². The summed E-state index contributed by atoms with van der Waals surface area (Å²) in [6.07, 6.45) is -1.72. The first-order chi connectivity index (χ1) is 19.5. The molecule has 0 heterocycles. The van der Waals surface area contributed by atoms with Crippen molar-refractivity contribution < 1.29 is 37.8 Å². The van der Waals surface area contributed by atoms with Crippen LogP contribution in [0.2, 0.25) is 18.1 Å². The summed E-state index contributed by atoms with van der Waals surface area (Å²) in [5.41, 5.74) is 0.830. The zero-order valence-corrected chi connectivity index (χ0v) is 28.7. The molecule has 0 radical (unpaired) electrons. The molecule has 0 fully saturated rings. The van der Waals surface area contributed by atoms with Gasteiger partial charge < -0.3 is 28.7 Å². The van der Waals surface area contributed by atoms with Crippen molar-refractivity contribution in [3.05, 3.63) is 35.9 Å². The predicted octanol–water partition coefficient (Wildman–Crippen LogP) is 6.50. The van der Waals surface area contributed by atoms with Gasteiger partial charge in [0.2, 0.25) is 0 Å². The third-order valence-corrected chi connectivity index (χ3v) is 12.6. The number of carbonyl (C=O) groups excluding carboxylic acids is 3. The number of alkyl carbamates (subject to hydrolysis) is 1. The molecule has 0 aromatic heterocycles. The lowest BCUT2D eigenvalue weighted by molar-refractivity contribution is -0.179. The molecule has 0 aliphatic heterocycles. The molecule has 0 spiro atoms. The van der Waals surface area contributed by atoms with E-state index in [1.165, 1.54) is 7.11 Å². The fourth-order valence-electron chi connectivity index (χ4n) is 4.08. The Morgan fingerprint density at radius 3 is 2.10 bits per heavy atom. The molecule has 240 valence electrons. The van der Waals surface area contributed by atoms with Gasteiger partial charge in [-0.05, 0) is 35.5 Å². The zero-order valence-electron chi connectivity index (χ0n) is 27.7. The molecule has 1 N–H and O–H groups in total. The molecule has 42 heavy (non-hydrogen) atoms. The maximum Gasteiger partial charge on any atom is 0.408 e. The fraction of sp³-hybridized carbons (Fsp3) is 0.719. The molecule has 5 atom stereocenters. The number of ether oxygens (including phenoxy) is 4. The van der Waals surface area contributed by atoms with Gasteiger partial charge in [-0.1, -0.05) is 92.1 Å². The normalized spacial score (nSPS) is 15.8. The van der Waals surface area contributed by atoms with Crippen LogP contribution in [0.15, 0.2) is 30.3 Å². The summed E-state index contributed by atoms with van der Waals surface area (Å²) < 4.78 is 28.9. The van der Waals surface area contributed by atoms with Gasteiger partial charge in [0.15, 0.2) is 14.1 Å². The first-order valence-electron chi connectivity index (χ1n) is 15.0. The fourth-order valence-corrected chi connectivity index (χ4v) is 5.19.